The van der Waals surface area contributed by atoms with Crippen LogP contribution in [0.1, 0.15) is 42.0 Å². The molecule has 6 heteroatoms. The van der Waals surface area contributed by atoms with Crippen molar-refractivity contribution in [3.63, 3.8) is 0 Å². The highest BCUT2D eigenvalue weighted by atomic mass is 16.1. The second-order valence-electron chi connectivity index (χ2n) is 7.85. The molecule has 0 bridgehead atoms. The molecular weight excluding hydrogens is 398 g/mol. The number of nitrogens with zero attached hydrogens (tertiary/aromatic N) is 2. The fourth-order valence-electron chi connectivity index (χ4n) is 3.34. The number of aromatic nitrogens is 3. The number of aromatic amines is 1. The van der Waals surface area contributed by atoms with Gasteiger partial charge in [-0.15, -0.1) is 0 Å². The highest BCUT2D eigenvalue weighted by Crippen LogP contribution is 2.26. The molecule has 1 atom stereocenters. The number of nitrogens with one attached hydrogen (secondary N) is 3. The Labute approximate surface area is 187 Å². The van der Waals surface area contributed by atoms with Crippen molar-refractivity contribution in [2.24, 2.45) is 5.92 Å². The van der Waals surface area contributed by atoms with Gasteiger partial charge in [0.15, 0.2) is 0 Å². The maximum atomic E-state index is 12.7. The molecule has 0 radical (unpaired) electrons. The standard InChI is InChI=1S/C26H27N5O/c1-3-18(2)17-28-26(32)22-9-4-5-10-23(22)29-20-11-13-21-24(30-31-25(21)16-20)14-12-19-8-6-7-15-27-19/h4-16,18,29H,3,17H2,1-2H3,(H,28,32)(H,30,31)/b14-12+. The number of carbonyl (C=O) groups is 1. The van der Waals surface area contributed by atoms with E-state index in [4.69, 9.17) is 0 Å². The molecular formula is C26H27N5O. The van der Waals surface area contributed by atoms with Gasteiger partial charge in [0.2, 0.25) is 0 Å². The highest BCUT2D eigenvalue weighted by molar-refractivity contribution is 6.00. The van der Waals surface area contributed by atoms with Crippen LogP contribution in [0.5, 0.6) is 0 Å². The van der Waals surface area contributed by atoms with Crippen molar-refractivity contribution in [3.05, 3.63) is 83.8 Å². The van der Waals surface area contributed by atoms with Gasteiger partial charge in [-0.2, -0.15) is 5.10 Å². The molecule has 0 saturated heterocycles. The van der Waals surface area contributed by atoms with Crippen molar-refractivity contribution in [1.82, 2.24) is 20.5 Å². The van der Waals surface area contributed by atoms with Crippen LogP contribution in [-0.4, -0.2) is 27.6 Å². The number of para-hydroxylation sites is 1. The summed E-state index contributed by atoms with van der Waals surface area (Å²) in [6.07, 6.45) is 6.69. The summed E-state index contributed by atoms with van der Waals surface area (Å²) in [5.74, 6) is 0.376. The molecule has 0 spiro atoms. The summed E-state index contributed by atoms with van der Waals surface area (Å²) in [5, 5.41) is 14.9. The van der Waals surface area contributed by atoms with Crippen LogP contribution in [0.25, 0.3) is 23.1 Å². The van der Waals surface area contributed by atoms with E-state index in [1.54, 1.807) is 6.20 Å². The van der Waals surface area contributed by atoms with Crippen molar-refractivity contribution < 1.29 is 4.79 Å². The summed E-state index contributed by atoms with van der Waals surface area (Å²) in [6, 6.07) is 19.3. The Morgan fingerprint density at radius 2 is 1.94 bits per heavy atom. The van der Waals surface area contributed by atoms with Crippen LogP contribution < -0.4 is 10.6 Å². The largest absolute Gasteiger partial charge is 0.355 e. The number of carbonyl (C=O) groups excluding carboxylic acids is 1. The van der Waals surface area contributed by atoms with Crippen LogP contribution in [-0.2, 0) is 0 Å². The summed E-state index contributed by atoms with van der Waals surface area (Å²) in [7, 11) is 0. The smallest absolute Gasteiger partial charge is 0.253 e. The first-order valence-corrected chi connectivity index (χ1v) is 10.9. The van der Waals surface area contributed by atoms with E-state index in [0.717, 1.165) is 40.1 Å². The highest BCUT2D eigenvalue weighted by Gasteiger charge is 2.12. The first-order chi connectivity index (χ1) is 15.6. The van der Waals surface area contributed by atoms with Gasteiger partial charge in [-0.1, -0.05) is 38.5 Å². The molecule has 3 N–H and O–H groups in total. The third-order valence-corrected chi connectivity index (χ3v) is 5.45. The molecule has 4 aromatic rings. The van der Waals surface area contributed by atoms with Crippen molar-refractivity contribution in [1.29, 1.82) is 0 Å². The Bertz CT molecular complexity index is 1230. The SMILES string of the molecule is CCC(C)CNC(=O)c1ccccc1Nc1ccc2c(/C=C/c3ccccn3)n[nH]c2c1. The van der Waals surface area contributed by atoms with E-state index in [-0.39, 0.29) is 5.91 Å². The van der Waals surface area contributed by atoms with Crippen LogP contribution in [0.3, 0.4) is 0 Å². The molecule has 0 fully saturated rings. The number of fused-ring (bicyclic) bond motifs is 1. The summed E-state index contributed by atoms with van der Waals surface area (Å²) >= 11 is 0. The van der Waals surface area contributed by atoms with Crippen molar-refractivity contribution in [3.8, 4) is 0 Å². The number of rotatable bonds is 8. The first-order valence-electron chi connectivity index (χ1n) is 10.9. The molecule has 0 saturated carbocycles. The molecule has 0 aliphatic carbocycles. The zero-order chi connectivity index (χ0) is 22.3. The molecule has 32 heavy (non-hydrogen) atoms. The monoisotopic (exact) mass is 425 g/mol. The summed E-state index contributed by atoms with van der Waals surface area (Å²) < 4.78 is 0. The quantitative estimate of drug-likeness (QED) is 0.341. The molecule has 1 amide bonds. The van der Waals surface area contributed by atoms with Crippen LogP contribution in [0.15, 0.2) is 66.9 Å². The maximum absolute atomic E-state index is 12.7. The minimum absolute atomic E-state index is 0.0713. The van der Waals surface area contributed by atoms with Crippen molar-refractivity contribution >= 4 is 40.3 Å². The van der Waals surface area contributed by atoms with Crippen LogP contribution in [0, 0.1) is 5.92 Å². The van der Waals surface area contributed by atoms with E-state index in [0.29, 0.717) is 18.0 Å². The van der Waals surface area contributed by atoms with E-state index in [1.807, 2.05) is 72.8 Å². The molecule has 2 aromatic carbocycles. The number of amides is 1. The van der Waals surface area contributed by atoms with Crippen molar-refractivity contribution in [2.45, 2.75) is 20.3 Å². The average molecular weight is 426 g/mol. The van der Waals surface area contributed by atoms with Gasteiger partial charge in [-0.25, -0.2) is 0 Å². The lowest BCUT2D eigenvalue weighted by Crippen LogP contribution is -2.28. The van der Waals surface area contributed by atoms with Gasteiger partial charge in [0.1, 0.15) is 0 Å². The number of hydrogen-bond acceptors (Lipinski definition) is 4. The van der Waals surface area contributed by atoms with Crippen LogP contribution in [0.4, 0.5) is 11.4 Å². The number of hydrogen-bond donors (Lipinski definition) is 3. The second kappa shape index (κ2) is 9.92. The number of anilines is 2. The zero-order valence-corrected chi connectivity index (χ0v) is 18.3. The molecule has 1 unspecified atom stereocenters. The molecule has 0 aliphatic rings. The fourth-order valence-corrected chi connectivity index (χ4v) is 3.34. The first kappa shape index (κ1) is 21.3. The third-order valence-electron chi connectivity index (χ3n) is 5.45. The predicted molar refractivity (Wildman–Crippen MR) is 131 cm³/mol. The van der Waals surface area contributed by atoms with Gasteiger partial charge in [-0.3, -0.25) is 14.9 Å². The minimum Gasteiger partial charge on any atom is -0.355 e. The summed E-state index contributed by atoms with van der Waals surface area (Å²) in [5.41, 5.74) is 4.91. The normalized spacial score (nSPS) is 12.2. The maximum Gasteiger partial charge on any atom is 0.253 e. The number of pyridine rings is 1. The molecule has 4 rings (SSSR count). The topological polar surface area (TPSA) is 82.7 Å². The van der Waals surface area contributed by atoms with Gasteiger partial charge in [0.05, 0.1) is 28.2 Å². The minimum atomic E-state index is -0.0713. The Morgan fingerprint density at radius 1 is 1.09 bits per heavy atom. The lowest BCUT2D eigenvalue weighted by atomic mass is 10.1. The average Bonchev–Trinajstić information content (AvgIpc) is 3.24. The lowest BCUT2D eigenvalue weighted by molar-refractivity contribution is 0.0948. The van der Waals surface area contributed by atoms with E-state index in [9.17, 15) is 4.79 Å². The third kappa shape index (κ3) is 5.03. The van der Waals surface area contributed by atoms with Gasteiger partial charge < -0.3 is 10.6 Å². The van der Waals surface area contributed by atoms with Crippen LogP contribution >= 0.6 is 0 Å². The molecule has 6 nitrogen and oxygen atoms in total. The Morgan fingerprint density at radius 3 is 2.75 bits per heavy atom. The number of benzene rings is 2. The van der Waals surface area contributed by atoms with Gasteiger partial charge in [0.25, 0.3) is 5.91 Å². The van der Waals surface area contributed by atoms with E-state index in [1.165, 1.54) is 0 Å². The second-order valence-corrected chi connectivity index (χ2v) is 7.85. The van der Waals surface area contributed by atoms with Crippen LogP contribution in [0.2, 0.25) is 0 Å². The Hall–Kier alpha value is -3.93. The van der Waals surface area contributed by atoms with E-state index < -0.39 is 0 Å². The lowest BCUT2D eigenvalue weighted by Gasteiger charge is -2.14. The molecule has 2 heterocycles. The van der Waals surface area contributed by atoms with Gasteiger partial charge in [-0.05, 0) is 60.5 Å². The Balaban J connectivity index is 1.52. The molecule has 0 aliphatic heterocycles. The summed E-state index contributed by atoms with van der Waals surface area (Å²) in [4.78, 5) is 17.0. The van der Waals surface area contributed by atoms with Crippen molar-refractivity contribution in [2.75, 3.05) is 11.9 Å². The zero-order valence-electron chi connectivity index (χ0n) is 18.3. The molecule has 162 valence electrons. The Kier molecular flexibility index (Phi) is 6.60. The van der Waals surface area contributed by atoms with E-state index in [2.05, 4.69) is 39.7 Å². The predicted octanol–water partition coefficient (Wildman–Crippen LogP) is 5.65. The summed E-state index contributed by atoms with van der Waals surface area (Å²) in [6.45, 7) is 4.92. The number of H-pyrrole nitrogens is 1. The van der Waals surface area contributed by atoms with Gasteiger partial charge >= 0.3 is 0 Å². The molecule has 2 aromatic heterocycles. The van der Waals surface area contributed by atoms with Gasteiger partial charge in [0, 0.05) is 23.8 Å². The fraction of sp³-hybridized carbons (Fsp3) is 0.192. The van der Waals surface area contributed by atoms with E-state index >= 15 is 0 Å².